The monoisotopic (exact) mass is 328 g/mol. The lowest BCUT2D eigenvalue weighted by molar-refractivity contribution is 0.0947. The molecule has 1 heterocycles. The topological polar surface area (TPSA) is 52.6 Å². The van der Waals surface area contributed by atoms with E-state index in [1.165, 1.54) is 0 Å². The summed E-state index contributed by atoms with van der Waals surface area (Å²) < 4.78 is 0. The van der Waals surface area contributed by atoms with Crippen molar-refractivity contribution in [3.8, 4) is 11.8 Å². The van der Waals surface area contributed by atoms with Crippen LogP contribution in [0.3, 0.4) is 0 Å². The van der Waals surface area contributed by atoms with Gasteiger partial charge in [-0.05, 0) is 70.8 Å². The van der Waals surface area contributed by atoms with Gasteiger partial charge in [-0.25, -0.2) is 0 Å². The van der Waals surface area contributed by atoms with E-state index in [4.69, 9.17) is 0 Å². The molecule has 4 heteroatoms. The average molecular weight is 328 g/mol. The third-order valence-electron chi connectivity index (χ3n) is 4.26. The summed E-state index contributed by atoms with van der Waals surface area (Å²) in [6.45, 7) is 10.6. The molecule has 2 N–H and O–H groups in total. The zero-order valence-corrected chi connectivity index (χ0v) is 15.1. The van der Waals surface area contributed by atoms with Gasteiger partial charge in [-0.15, -0.1) is 0 Å². The van der Waals surface area contributed by atoms with Crippen LogP contribution in [0, 0.1) is 17.8 Å². The first-order valence-electron chi connectivity index (χ1n) is 8.62. The fourth-order valence-electron chi connectivity index (χ4n) is 2.77. The van der Waals surface area contributed by atoms with Crippen molar-refractivity contribution in [1.82, 2.24) is 10.2 Å². The molecule has 1 amide bonds. The SMILES string of the molecule is CC(C)N1CC[C@@H](CNC(=O)c2ccc(C#CC(C)(C)O)cc2)C1. The van der Waals surface area contributed by atoms with Crippen LogP contribution in [0.1, 0.15) is 50.0 Å². The third kappa shape index (κ3) is 5.67. The average Bonchev–Trinajstić information content (AvgIpc) is 2.99. The summed E-state index contributed by atoms with van der Waals surface area (Å²) in [7, 11) is 0. The molecule has 0 saturated carbocycles. The fraction of sp³-hybridized carbons (Fsp3) is 0.550. The van der Waals surface area contributed by atoms with Crippen LogP contribution in [0.15, 0.2) is 24.3 Å². The van der Waals surface area contributed by atoms with Gasteiger partial charge in [0.2, 0.25) is 0 Å². The van der Waals surface area contributed by atoms with Crippen LogP contribution in [0.25, 0.3) is 0 Å². The highest BCUT2D eigenvalue weighted by atomic mass is 16.3. The Balaban J connectivity index is 1.86. The van der Waals surface area contributed by atoms with Crippen molar-refractivity contribution in [2.45, 2.75) is 45.8 Å². The van der Waals surface area contributed by atoms with Crippen LogP contribution in [0.4, 0.5) is 0 Å². The quantitative estimate of drug-likeness (QED) is 0.834. The van der Waals surface area contributed by atoms with Gasteiger partial charge in [0.05, 0.1) is 0 Å². The van der Waals surface area contributed by atoms with E-state index in [2.05, 4.69) is 35.9 Å². The predicted molar refractivity (Wildman–Crippen MR) is 96.8 cm³/mol. The van der Waals surface area contributed by atoms with E-state index in [0.717, 1.165) is 31.6 Å². The van der Waals surface area contributed by atoms with Crippen LogP contribution in [0.5, 0.6) is 0 Å². The summed E-state index contributed by atoms with van der Waals surface area (Å²) in [6.07, 6.45) is 1.14. The number of amides is 1. The van der Waals surface area contributed by atoms with Gasteiger partial charge in [0.1, 0.15) is 5.60 Å². The van der Waals surface area contributed by atoms with Crippen LogP contribution in [0.2, 0.25) is 0 Å². The summed E-state index contributed by atoms with van der Waals surface area (Å²) in [4.78, 5) is 14.7. The van der Waals surface area contributed by atoms with Gasteiger partial charge in [0.25, 0.3) is 5.91 Å². The Kier molecular flexibility index (Phi) is 6.04. The normalized spacial score (nSPS) is 18.3. The second-order valence-electron chi connectivity index (χ2n) is 7.34. The molecule has 1 fully saturated rings. The second-order valence-corrected chi connectivity index (χ2v) is 7.34. The Hall–Kier alpha value is -1.83. The molecule has 1 aromatic carbocycles. The van der Waals surface area contributed by atoms with Crippen LogP contribution >= 0.6 is 0 Å². The fourth-order valence-corrected chi connectivity index (χ4v) is 2.77. The van der Waals surface area contributed by atoms with E-state index < -0.39 is 5.60 Å². The molecule has 130 valence electrons. The molecule has 1 saturated heterocycles. The van der Waals surface area contributed by atoms with Gasteiger partial charge in [-0.1, -0.05) is 11.8 Å². The summed E-state index contributed by atoms with van der Waals surface area (Å²) in [5.74, 6) is 6.16. The third-order valence-corrected chi connectivity index (χ3v) is 4.26. The Morgan fingerprint density at radius 2 is 2.04 bits per heavy atom. The van der Waals surface area contributed by atoms with Gasteiger partial charge in [0, 0.05) is 30.3 Å². The van der Waals surface area contributed by atoms with E-state index in [-0.39, 0.29) is 5.91 Å². The molecule has 0 radical (unpaired) electrons. The lowest BCUT2D eigenvalue weighted by atomic mass is 10.1. The summed E-state index contributed by atoms with van der Waals surface area (Å²) in [5, 5.41) is 12.6. The largest absolute Gasteiger partial charge is 0.378 e. The molecule has 2 rings (SSSR count). The highest BCUT2D eigenvalue weighted by Crippen LogP contribution is 2.17. The maximum atomic E-state index is 12.2. The number of hydrogen-bond donors (Lipinski definition) is 2. The zero-order chi connectivity index (χ0) is 17.7. The minimum atomic E-state index is -1.01. The van der Waals surface area contributed by atoms with Gasteiger partial charge in [-0.2, -0.15) is 0 Å². The molecule has 1 aliphatic heterocycles. The number of benzene rings is 1. The van der Waals surface area contributed by atoms with Crippen molar-refractivity contribution >= 4 is 5.91 Å². The smallest absolute Gasteiger partial charge is 0.251 e. The standard InChI is InChI=1S/C20H28N2O2/c1-15(2)22-12-10-17(14-22)13-21-19(23)18-7-5-16(6-8-18)9-11-20(3,4)24/h5-8,15,17,24H,10,12-14H2,1-4H3,(H,21,23)/t17-/m0/s1. The molecule has 0 spiro atoms. The van der Waals surface area contributed by atoms with Gasteiger partial charge in [-0.3, -0.25) is 4.79 Å². The summed E-state index contributed by atoms with van der Waals surface area (Å²) >= 11 is 0. The molecule has 1 aliphatic rings. The molecule has 0 aromatic heterocycles. The first-order chi connectivity index (χ1) is 11.2. The number of carbonyl (C=O) groups excluding carboxylic acids is 1. The molecule has 0 bridgehead atoms. The minimum Gasteiger partial charge on any atom is -0.378 e. The molecule has 0 aliphatic carbocycles. The van der Waals surface area contributed by atoms with Crippen molar-refractivity contribution < 1.29 is 9.90 Å². The van der Waals surface area contributed by atoms with E-state index in [1.54, 1.807) is 26.0 Å². The molecule has 1 atom stereocenters. The Morgan fingerprint density at radius 1 is 1.38 bits per heavy atom. The minimum absolute atomic E-state index is 0.0417. The van der Waals surface area contributed by atoms with E-state index in [0.29, 0.717) is 17.5 Å². The summed E-state index contributed by atoms with van der Waals surface area (Å²) in [6, 6.07) is 7.74. The van der Waals surface area contributed by atoms with Gasteiger partial charge < -0.3 is 15.3 Å². The van der Waals surface area contributed by atoms with E-state index in [9.17, 15) is 9.90 Å². The van der Waals surface area contributed by atoms with Crippen molar-refractivity contribution in [2.75, 3.05) is 19.6 Å². The molecular formula is C20H28N2O2. The van der Waals surface area contributed by atoms with E-state index >= 15 is 0 Å². The van der Waals surface area contributed by atoms with Crippen molar-refractivity contribution in [3.05, 3.63) is 35.4 Å². The lowest BCUT2D eigenvalue weighted by Crippen LogP contribution is -2.32. The molecule has 24 heavy (non-hydrogen) atoms. The number of aliphatic hydroxyl groups is 1. The number of carbonyl (C=O) groups is 1. The number of likely N-dealkylation sites (tertiary alicyclic amines) is 1. The summed E-state index contributed by atoms with van der Waals surface area (Å²) in [5.41, 5.74) is 0.417. The first kappa shape index (κ1) is 18.5. The van der Waals surface area contributed by atoms with Crippen LogP contribution < -0.4 is 5.32 Å². The van der Waals surface area contributed by atoms with Crippen molar-refractivity contribution in [1.29, 1.82) is 0 Å². The molecule has 0 unspecified atom stereocenters. The molecule has 1 aromatic rings. The van der Waals surface area contributed by atoms with Crippen molar-refractivity contribution in [2.24, 2.45) is 5.92 Å². The number of rotatable bonds is 4. The maximum Gasteiger partial charge on any atom is 0.251 e. The Labute approximate surface area is 145 Å². The number of hydrogen-bond acceptors (Lipinski definition) is 3. The van der Waals surface area contributed by atoms with Gasteiger partial charge in [0.15, 0.2) is 0 Å². The second kappa shape index (κ2) is 7.83. The van der Waals surface area contributed by atoms with Crippen molar-refractivity contribution in [3.63, 3.8) is 0 Å². The lowest BCUT2D eigenvalue weighted by Gasteiger charge is -2.20. The zero-order valence-electron chi connectivity index (χ0n) is 15.1. The van der Waals surface area contributed by atoms with E-state index in [1.807, 2.05) is 12.1 Å². The predicted octanol–water partition coefficient (Wildman–Crippen LogP) is 2.27. The Bertz CT molecular complexity index is 618. The Morgan fingerprint density at radius 3 is 2.58 bits per heavy atom. The molecular weight excluding hydrogens is 300 g/mol. The highest BCUT2D eigenvalue weighted by Gasteiger charge is 2.24. The van der Waals surface area contributed by atoms with Crippen LogP contribution in [-0.4, -0.2) is 47.2 Å². The number of nitrogens with one attached hydrogen (secondary N) is 1. The molecule has 4 nitrogen and oxygen atoms in total. The maximum absolute atomic E-state index is 12.2. The van der Waals surface area contributed by atoms with Gasteiger partial charge >= 0.3 is 0 Å². The highest BCUT2D eigenvalue weighted by molar-refractivity contribution is 5.94. The van der Waals surface area contributed by atoms with Crippen LogP contribution in [-0.2, 0) is 0 Å². The first-order valence-corrected chi connectivity index (χ1v) is 8.62. The number of nitrogens with zero attached hydrogens (tertiary/aromatic N) is 1.